The van der Waals surface area contributed by atoms with Gasteiger partial charge in [0.1, 0.15) is 0 Å². The second-order valence-electron chi connectivity index (χ2n) is 3.34. The van der Waals surface area contributed by atoms with Crippen LogP contribution in [0.2, 0.25) is 0 Å². The third-order valence-corrected chi connectivity index (χ3v) is 2.57. The van der Waals surface area contributed by atoms with Crippen LogP contribution >= 0.6 is 0 Å². The molecule has 1 aliphatic rings. The van der Waals surface area contributed by atoms with Crippen LogP contribution in [0.1, 0.15) is 11.1 Å². The molecule has 0 saturated carbocycles. The number of fused-ring (bicyclic) bond motifs is 3. The van der Waals surface area contributed by atoms with Gasteiger partial charge in [-0.1, -0.05) is 6.42 Å². The average molecular weight is 373 g/mol. The van der Waals surface area contributed by atoms with Gasteiger partial charge in [0.2, 0.25) is 0 Å². The molecule has 0 spiro atoms. The van der Waals surface area contributed by atoms with Gasteiger partial charge in [0, 0.05) is 0 Å². The van der Waals surface area contributed by atoms with Gasteiger partial charge in [-0.2, -0.15) is 59.7 Å². The largest absolute Gasteiger partial charge is 2.00 e. The number of hydrogen-bond donors (Lipinski definition) is 0. The van der Waals surface area contributed by atoms with Crippen LogP contribution in [-0.2, 0) is 6.42 Å². The molecule has 17 heavy (non-hydrogen) atoms. The van der Waals surface area contributed by atoms with Crippen molar-refractivity contribution in [3.8, 4) is 11.1 Å². The third kappa shape index (κ3) is 3.95. The minimum absolute atomic E-state index is 0. The van der Waals surface area contributed by atoms with Gasteiger partial charge in [-0.25, -0.2) is 0 Å². The second kappa shape index (κ2) is 8.94. The molecule has 0 amide bonds. The van der Waals surface area contributed by atoms with E-state index in [4.69, 9.17) is 0 Å². The molecule has 0 unspecified atom stereocenters. The van der Waals surface area contributed by atoms with Crippen LogP contribution in [0.5, 0.6) is 0 Å². The first-order valence-corrected chi connectivity index (χ1v) is 4.43. The van der Waals surface area contributed by atoms with Crippen LogP contribution in [0.25, 0.3) is 11.1 Å². The first-order chi connectivity index (χ1) is 6.45. The summed E-state index contributed by atoms with van der Waals surface area (Å²) >= 11 is 0. The predicted octanol–water partition coefficient (Wildman–Crippen LogP) is -3.90. The molecule has 0 aliphatic heterocycles. The molecule has 0 aromatic heterocycles. The Hall–Kier alpha value is 0.932. The molecule has 2 aromatic carbocycles. The molecule has 0 N–H and O–H groups in total. The van der Waals surface area contributed by atoms with E-state index in [9.17, 15) is 0 Å². The monoisotopic (exact) mass is 370 g/mol. The molecule has 3 rings (SSSR count). The normalized spacial score (nSPS) is 9.41. The summed E-state index contributed by atoms with van der Waals surface area (Å²) in [5, 5.41) is 0. The molecule has 1 aliphatic carbocycles. The summed E-state index contributed by atoms with van der Waals surface area (Å²) in [7, 11) is 0. The van der Waals surface area contributed by atoms with E-state index in [0.717, 1.165) is 6.42 Å². The smallest absolute Gasteiger partial charge is 1.00 e. The summed E-state index contributed by atoms with van der Waals surface area (Å²) < 4.78 is 0. The molecule has 0 saturated heterocycles. The summed E-state index contributed by atoms with van der Waals surface area (Å²) in [6.07, 6.45) is 1.04. The molecule has 0 atom stereocenters. The van der Waals surface area contributed by atoms with Crippen LogP contribution in [0, 0.1) is 12.1 Å². The molecule has 0 nitrogen and oxygen atoms in total. The van der Waals surface area contributed by atoms with Gasteiger partial charge in [-0.15, -0.1) is 11.1 Å². The van der Waals surface area contributed by atoms with E-state index in [-0.39, 0.29) is 80.1 Å². The van der Waals surface area contributed by atoms with Gasteiger partial charge in [-0.3, -0.25) is 0 Å². The van der Waals surface area contributed by atoms with Gasteiger partial charge >= 0.3 is 46.1 Å². The van der Waals surface area contributed by atoms with Crippen molar-refractivity contribution in [1.29, 1.82) is 0 Å². The topological polar surface area (TPSA) is 0 Å². The average Bonchev–Trinajstić information content (AvgIpc) is 2.56. The summed E-state index contributed by atoms with van der Waals surface area (Å²) in [4.78, 5) is 0. The Labute approximate surface area is 155 Å². The summed E-state index contributed by atoms with van der Waals surface area (Å²) in [6.45, 7) is 0. The number of rotatable bonds is 0. The second-order valence-corrected chi connectivity index (χ2v) is 3.34. The minimum Gasteiger partial charge on any atom is -1.00 e. The fourth-order valence-electron chi connectivity index (χ4n) is 1.95. The van der Waals surface area contributed by atoms with E-state index in [1.807, 2.05) is 12.1 Å². The van der Waals surface area contributed by atoms with E-state index < -0.39 is 0 Å². The van der Waals surface area contributed by atoms with E-state index in [0.29, 0.717) is 0 Å². The predicted molar refractivity (Wildman–Crippen MR) is 63.9 cm³/mol. The summed E-state index contributed by atoms with van der Waals surface area (Å²) in [5.41, 5.74) is 5.50. The zero-order valence-corrected chi connectivity index (χ0v) is 15.3. The van der Waals surface area contributed by atoms with Crippen LogP contribution in [0.3, 0.4) is 0 Å². The minimum atomic E-state index is 0. The maximum absolute atomic E-state index is 3.12. The Morgan fingerprint density at radius 2 is 1.18 bits per heavy atom. The first-order valence-electron chi connectivity index (χ1n) is 4.43. The van der Waals surface area contributed by atoms with E-state index in [2.05, 4.69) is 36.4 Å². The Bertz CT molecular complexity index is 429. The van der Waals surface area contributed by atoms with Crippen molar-refractivity contribution in [1.82, 2.24) is 0 Å². The fourth-order valence-corrected chi connectivity index (χ4v) is 1.95. The molecule has 4 heteroatoms. The van der Waals surface area contributed by atoms with Crippen molar-refractivity contribution in [2.75, 3.05) is 0 Å². The standard InChI is InChI=1S/C13H8.2BrH.2Mg/c1-3-7-12-10(5-1)9-11-6-2-4-8-13(11)12;;;;/h3-8H,9H2;2*1H;;/q-2;;;2*+2/p-2. The molecule has 0 fully saturated rings. The van der Waals surface area contributed by atoms with Crippen molar-refractivity contribution in [2.45, 2.75) is 6.42 Å². The quantitative estimate of drug-likeness (QED) is 0.280. The Balaban J connectivity index is 0. The van der Waals surface area contributed by atoms with Crippen molar-refractivity contribution < 1.29 is 34.0 Å². The van der Waals surface area contributed by atoms with Crippen LogP contribution in [0.4, 0.5) is 0 Å². The molecule has 0 radical (unpaired) electrons. The zero-order chi connectivity index (χ0) is 8.67. The molecule has 2 aromatic rings. The maximum atomic E-state index is 3.12. The summed E-state index contributed by atoms with van der Waals surface area (Å²) in [6, 6.07) is 18.6. The van der Waals surface area contributed by atoms with Crippen molar-refractivity contribution in [3.63, 3.8) is 0 Å². The van der Waals surface area contributed by atoms with Gasteiger partial charge in [-0.05, 0) is 0 Å². The van der Waals surface area contributed by atoms with Crippen molar-refractivity contribution in [3.05, 3.63) is 59.7 Å². The number of halogens is 2. The van der Waals surface area contributed by atoms with Gasteiger partial charge in [0.05, 0.1) is 0 Å². The Morgan fingerprint density at radius 1 is 0.765 bits per heavy atom. The Morgan fingerprint density at radius 3 is 1.59 bits per heavy atom. The van der Waals surface area contributed by atoms with Gasteiger partial charge in [0.15, 0.2) is 0 Å². The first kappa shape index (κ1) is 20.3. The van der Waals surface area contributed by atoms with E-state index in [1.165, 1.54) is 22.3 Å². The summed E-state index contributed by atoms with van der Waals surface area (Å²) in [5.74, 6) is 0. The van der Waals surface area contributed by atoms with Crippen LogP contribution in [0.15, 0.2) is 36.4 Å². The third-order valence-electron chi connectivity index (χ3n) is 2.57. The number of benzene rings is 2. The molecule has 0 heterocycles. The molecular weight excluding hydrogens is 365 g/mol. The Kier molecular flexibility index (Phi) is 10.6. The SMILES string of the molecule is [Br-].[Br-].[Mg+2].[Mg+2].[c-]1ccc2c(c1)Cc1c[c-]ccc1-2. The molecular formula is C13H8Br2Mg2. The number of hydrogen-bond acceptors (Lipinski definition) is 0. The van der Waals surface area contributed by atoms with Crippen LogP contribution < -0.4 is 34.0 Å². The fraction of sp³-hybridized carbons (Fsp3) is 0.0769. The van der Waals surface area contributed by atoms with Gasteiger partial charge in [0.25, 0.3) is 0 Å². The van der Waals surface area contributed by atoms with E-state index >= 15 is 0 Å². The van der Waals surface area contributed by atoms with Crippen molar-refractivity contribution >= 4 is 46.1 Å². The zero-order valence-electron chi connectivity index (χ0n) is 9.34. The maximum Gasteiger partial charge on any atom is 2.00 e. The van der Waals surface area contributed by atoms with E-state index in [1.54, 1.807) is 0 Å². The van der Waals surface area contributed by atoms with Crippen LogP contribution in [-0.4, -0.2) is 46.1 Å². The van der Waals surface area contributed by atoms with Crippen molar-refractivity contribution in [2.24, 2.45) is 0 Å². The van der Waals surface area contributed by atoms with Gasteiger partial charge < -0.3 is 34.0 Å². The molecule has 0 bridgehead atoms. The molecule has 78 valence electrons.